The maximum Gasteiger partial charge on any atom is 0.417 e. The number of nitrogens with zero attached hydrogens (tertiary/aromatic N) is 2. The van der Waals surface area contributed by atoms with Gasteiger partial charge in [-0.15, -0.1) is 0 Å². The van der Waals surface area contributed by atoms with Crippen LogP contribution in [0.3, 0.4) is 0 Å². The van der Waals surface area contributed by atoms with Gasteiger partial charge in [0.1, 0.15) is 16.5 Å². The second-order valence-electron chi connectivity index (χ2n) is 5.56. The summed E-state index contributed by atoms with van der Waals surface area (Å²) < 4.78 is 97.0. The van der Waals surface area contributed by atoms with E-state index in [0.717, 1.165) is 0 Å². The van der Waals surface area contributed by atoms with E-state index in [2.05, 4.69) is 9.97 Å². The van der Waals surface area contributed by atoms with Crippen LogP contribution < -0.4 is 5.32 Å². The van der Waals surface area contributed by atoms with E-state index in [9.17, 15) is 44.7 Å². The zero-order valence-electron chi connectivity index (χ0n) is 15.1. The van der Waals surface area contributed by atoms with E-state index in [-0.39, 0.29) is 0 Å². The number of alkyl halides is 8. The zero-order chi connectivity index (χ0) is 24.9. The van der Waals surface area contributed by atoms with Crippen molar-refractivity contribution < 1.29 is 54.9 Å². The van der Waals surface area contributed by atoms with E-state index in [1.165, 1.54) is 0 Å². The topological polar surface area (TPSA) is 112 Å². The van der Waals surface area contributed by atoms with Crippen LogP contribution in [-0.2, 0) is 12.4 Å². The number of anilines is 1. The summed E-state index contributed by atoms with van der Waals surface area (Å²) in [7, 11) is 0. The summed E-state index contributed by atoms with van der Waals surface area (Å²) in [6.45, 7) is -0.904. The van der Waals surface area contributed by atoms with Crippen LogP contribution in [0.25, 0.3) is 0 Å². The van der Waals surface area contributed by atoms with Crippen molar-refractivity contribution in [2.24, 2.45) is 0 Å². The van der Waals surface area contributed by atoms with E-state index >= 15 is 0 Å². The van der Waals surface area contributed by atoms with Gasteiger partial charge in [-0.25, -0.2) is 28.3 Å². The molecule has 176 valence electrons. The van der Waals surface area contributed by atoms with Gasteiger partial charge in [0.15, 0.2) is 0 Å². The molecule has 0 aliphatic rings. The van der Waals surface area contributed by atoms with Gasteiger partial charge in [-0.2, -0.15) is 26.3 Å². The maximum atomic E-state index is 12.3. The Hall–Kier alpha value is -3.23. The number of hydrogen-bond acceptors (Lipinski definition) is 5. The summed E-state index contributed by atoms with van der Waals surface area (Å²) in [5.74, 6) is -3.77. The molecule has 2 aromatic heterocycles. The van der Waals surface area contributed by atoms with Crippen molar-refractivity contribution in [1.29, 1.82) is 0 Å². The molecule has 2 aromatic rings. The number of rotatable bonds is 5. The third-order valence-corrected chi connectivity index (χ3v) is 3.57. The number of hydrogen-bond donors (Lipinski definition) is 3. The molecule has 0 amide bonds. The van der Waals surface area contributed by atoms with Crippen LogP contribution >= 0.6 is 11.6 Å². The highest BCUT2D eigenvalue weighted by atomic mass is 35.5. The van der Waals surface area contributed by atoms with Crippen LogP contribution in [0.5, 0.6) is 0 Å². The first-order valence-electron chi connectivity index (χ1n) is 7.82. The molecule has 32 heavy (non-hydrogen) atoms. The molecule has 0 aliphatic heterocycles. The largest absolute Gasteiger partial charge is 0.478 e. The highest BCUT2D eigenvalue weighted by Crippen LogP contribution is 2.31. The monoisotopic (exact) mass is 495 g/mol. The van der Waals surface area contributed by atoms with Crippen molar-refractivity contribution in [2.45, 2.75) is 18.8 Å². The van der Waals surface area contributed by atoms with Crippen molar-refractivity contribution in [2.75, 3.05) is 11.9 Å². The zero-order valence-corrected chi connectivity index (χ0v) is 15.9. The highest BCUT2D eigenvalue weighted by molar-refractivity contribution is 6.32. The Balaban J connectivity index is 0.000000330. The van der Waals surface area contributed by atoms with Gasteiger partial charge in [0.25, 0.3) is 6.43 Å². The number of carboxylic acids is 2. The van der Waals surface area contributed by atoms with Crippen LogP contribution in [0.15, 0.2) is 24.5 Å². The van der Waals surface area contributed by atoms with Crippen LogP contribution in [0.2, 0.25) is 5.15 Å². The lowest BCUT2D eigenvalue weighted by Crippen LogP contribution is -2.16. The van der Waals surface area contributed by atoms with E-state index in [0.29, 0.717) is 24.5 Å². The molecule has 0 aromatic carbocycles. The van der Waals surface area contributed by atoms with Crippen molar-refractivity contribution in [3.63, 3.8) is 0 Å². The van der Waals surface area contributed by atoms with Crippen molar-refractivity contribution in [3.05, 3.63) is 51.9 Å². The summed E-state index contributed by atoms with van der Waals surface area (Å²) in [6, 6.07) is 0.779. The average molecular weight is 496 g/mol. The summed E-state index contributed by atoms with van der Waals surface area (Å²) >= 11 is 5.28. The Kier molecular flexibility index (Phi) is 8.70. The van der Waals surface area contributed by atoms with E-state index in [1.807, 2.05) is 5.32 Å². The minimum absolute atomic E-state index is 0.336. The molecule has 0 spiro atoms. The summed E-state index contributed by atoms with van der Waals surface area (Å²) in [5.41, 5.74) is -3.88. The van der Waals surface area contributed by atoms with Gasteiger partial charge in [-0.05, 0) is 12.1 Å². The molecule has 0 saturated carbocycles. The van der Waals surface area contributed by atoms with Gasteiger partial charge in [-0.3, -0.25) is 0 Å². The summed E-state index contributed by atoms with van der Waals surface area (Å²) in [5, 5.41) is 18.6. The lowest BCUT2D eigenvalue weighted by Gasteiger charge is -2.11. The molecule has 0 atom stereocenters. The predicted molar refractivity (Wildman–Crippen MR) is 91.9 cm³/mol. The SMILES string of the molecule is O=C(O)c1cc(C(F)(F)F)cnc1Cl.O=C(O)c1cc(C(F)(F)F)cnc1NCC(F)F. The van der Waals surface area contributed by atoms with E-state index in [1.54, 1.807) is 0 Å². The second kappa shape index (κ2) is 10.4. The van der Waals surface area contributed by atoms with Gasteiger partial charge in [-0.1, -0.05) is 11.6 Å². The Labute approximate surface area is 177 Å². The Bertz CT molecular complexity index is 983. The molecule has 0 bridgehead atoms. The fraction of sp³-hybridized carbons (Fsp3) is 0.250. The van der Waals surface area contributed by atoms with Crippen LogP contribution in [0.4, 0.5) is 40.9 Å². The first kappa shape index (κ1) is 26.8. The van der Waals surface area contributed by atoms with Crippen molar-refractivity contribution in [3.8, 4) is 0 Å². The summed E-state index contributed by atoms with van der Waals surface area (Å²) in [4.78, 5) is 27.4. The smallest absolute Gasteiger partial charge is 0.417 e. The molecule has 2 rings (SSSR count). The molecular weight excluding hydrogens is 486 g/mol. The van der Waals surface area contributed by atoms with Gasteiger partial charge >= 0.3 is 24.3 Å². The van der Waals surface area contributed by atoms with Crippen LogP contribution in [-0.4, -0.2) is 45.1 Å². The minimum Gasteiger partial charge on any atom is -0.478 e. The predicted octanol–water partition coefficient (Wildman–Crippen LogP) is 4.93. The molecular formula is C16H10ClF8N3O4. The molecule has 16 heteroatoms. The highest BCUT2D eigenvalue weighted by Gasteiger charge is 2.33. The third kappa shape index (κ3) is 7.79. The van der Waals surface area contributed by atoms with Crippen LogP contribution in [0.1, 0.15) is 31.8 Å². The number of aromatic carboxylic acids is 2. The fourth-order valence-corrected chi connectivity index (χ4v) is 2.03. The molecule has 0 saturated heterocycles. The quantitative estimate of drug-likeness (QED) is 0.398. The molecule has 3 N–H and O–H groups in total. The minimum atomic E-state index is -4.75. The maximum absolute atomic E-state index is 12.3. The second-order valence-corrected chi connectivity index (χ2v) is 5.92. The Morgan fingerprint density at radius 2 is 1.34 bits per heavy atom. The number of carbonyl (C=O) groups is 2. The van der Waals surface area contributed by atoms with E-state index < -0.39 is 70.5 Å². The lowest BCUT2D eigenvalue weighted by atomic mass is 10.2. The van der Waals surface area contributed by atoms with Gasteiger partial charge in [0.05, 0.1) is 23.2 Å². The standard InChI is InChI=1S/C9H7F5N2O2.C7H3ClF3NO2/c10-6(11)3-16-7-5(8(17)18)1-4(2-15-7)9(12,13)14;8-5-4(6(13)14)1-3(2-12-5)7(9,10)11/h1-2,6H,3H2,(H,15,16)(H,17,18);1-2H,(H,13,14). The average Bonchev–Trinajstić information content (AvgIpc) is 2.65. The van der Waals surface area contributed by atoms with Gasteiger partial charge in [0, 0.05) is 12.4 Å². The lowest BCUT2D eigenvalue weighted by molar-refractivity contribution is -0.138. The first-order valence-corrected chi connectivity index (χ1v) is 8.20. The summed E-state index contributed by atoms with van der Waals surface area (Å²) in [6.07, 6.45) is -11.3. The number of nitrogens with one attached hydrogen (secondary N) is 1. The van der Waals surface area contributed by atoms with Gasteiger partial charge < -0.3 is 15.5 Å². The number of halogens is 9. The number of carboxylic acid groups (broad SMARTS) is 2. The Morgan fingerprint density at radius 1 is 0.906 bits per heavy atom. The number of aromatic nitrogens is 2. The van der Waals surface area contributed by atoms with Crippen LogP contribution in [0, 0.1) is 0 Å². The van der Waals surface area contributed by atoms with Gasteiger partial charge in [0.2, 0.25) is 0 Å². The molecule has 7 nitrogen and oxygen atoms in total. The number of pyridine rings is 2. The molecule has 0 aliphatic carbocycles. The first-order chi connectivity index (χ1) is 14.5. The molecule has 0 fully saturated rings. The van der Waals surface area contributed by atoms with E-state index in [4.69, 9.17) is 21.8 Å². The molecule has 2 heterocycles. The van der Waals surface area contributed by atoms with Crippen molar-refractivity contribution >= 4 is 29.4 Å². The fourth-order valence-electron chi connectivity index (χ4n) is 1.85. The molecule has 0 radical (unpaired) electrons. The third-order valence-electron chi connectivity index (χ3n) is 3.27. The molecule has 0 unspecified atom stereocenters. The Morgan fingerprint density at radius 3 is 1.75 bits per heavy atom. The van der Waals surface area contributed by atoms with Crippen molar-refractivity contribution in [1.82, 2.24) is 9.97 Å². The normalized spacial score (nSPS) is 11.6.